The normalized spacial score (nSPS) is 21.3. The van der Waals surface area contributed by atoms with Crippen molar-refractivity contribution < 1.29 is 8.83 Å². The lowest BCUT2D eigenvalue weighted by Crippen LogP contribution is -2.14. The minimum absolute atomic E-state index is 0.390. The van der Waals surface area contributed by atoms with E-state index >= 15 is 0 Å². The molecule has 7 heteroatoms. The molecule has 1 aliphatic heterocycles. The van der Waals surface area contributed by atoms with Crippen LogP contribution in [0, 0.1) is 11.8 Å². The van der Waals surface area contributed by atoms with Crippen LogP contribution in [0.4, 0.5) is 0 Å². The van der Waals surface area contributed by atoms with Gasteiger partial charge in [-0.3, -0.25) is 9.97 Å². The second-order valence-corrected chi connectivity index (χ2v) is 13.5. The maximum absolute atomic E-state index is 6.38. The Morgan fingerprint density at radius 2 is 1.56 bits per heavy atom. The molecule has 4 aromatic heterocycles. The Balaban J connectivity index is 0.945. The number of aromatic nitrogens is 4. The Hall–Kier alpha value is -4.23. The monoisotopic (exact) mass is 612 g/mol. The van der Waals surface area contributed by atoms with Crippen molar-refractivity contribution in [3.8, 4) is 23.0 Å². The van der Waals surface area contributed by atoms with E-state index in [4.69, 9.17) is 18.8 Å². The van der Waals surface area contributed by atoms with Gasteiger partial charge in [-0.15, -0.1) is 11.8 Å². The lowest BCUT2D eigenvalue weighted by atomic mass is 9.88. The summed E-state index contributed by atoms with van der Waals surface area (Å²) in [6, 6.07) is 20.8. The molecule has 1 aromatic carbocycles. The van der Waals surface area contributed by atoms with Gasteiger partial charge in [-0.25, -0.2) is 9.97 Å². The zero-order valence-corrected chi connectivity index (χ0v) is 26.3. The molecule has 226 valence electrons. The summed E-state index contributed by atoms with van der Waals surface area (Å²) < 4.78 is 12.6. The Morgan fingerprint density at radius 3 is 2.36 bits per heavy atom. The Morgan fingerprint density at radius 1 is 0.800 bits per heavy atom. The number of nitrogens with zero attached hydrogens (tertiary/aromatic N) is 4. The van der Waals surface area contributed by atoms with Crippen LogP contribution in [0.25, 0.3) is 23.0 Å². The molecule has 6 nitrogen and oxygen atoms in total. The van der Waals surface area contributed by atoms with Crippen LogP contribution in [-0.4, -0.2) is 19.9 Å². The fourth-order valence-corrected chi connectivity index (χ4v) is 8.06. The third-order valence-corrected chi connectivity index (χ3v) is 10.7. The molecule has 2 aliphatic carbocycles. The van der Waals surface area contributed by atoms with E-state index in [1.54, 1.807) is 6.20 Å². The van der Waals surface area contributed by atoms with Crippen LogP contribution in [0.15, 0.2) is 104 Å². The van der Waals surface area contributed by atoms with Gasteiger partial charge in [-0.05, 0) is 103 Å². The van der Waals surface area contributed by atoms with Crippen molar-refractivity contribution in [3.05, 3.63) is 129 Å². The molecule has 0 bridgehead atoms. The van der Waals surface area contributed by atoms with Gasteiger partial charge in [0.15, 0.2) is 0 Å². The van der Waals surface area contributed by atoms with Crippen LogP contribution in [0.1, 0.15) is 66.3 Å². The molecule has 0 spiro atoms. The number of aryl methyl sites for hydroxylation is 2. The average Bonchev–Trinajstić information content (AvgIpc) is 3.68. The van der Waals surface area contributed by atoms with E-state index in [1.807, 2.05) is 42.2 Å². The van der Waals surface area contributed by atoms with E-state index in [2.05, 4.69) is 64.8 Å². The van der Waals surface area contributed by atoms with Gasteiger partial charge in [0.25, 0.3) is 0 Å². The minimum atomic E-state index is 0.390. The largest absolute Gasteiger partial charge is 0.441 e. The topological polar surface area (TPSA) is 77.8 Å². The smallest absolute Gasteiger partial charge is 0.245 e. The van der Waals surface area contributed by atoms with Gasteiger partial charge in [0.1, 0.15) is 17.2 Å². The molecule has 3 aliphatic rings. The van der Waals surface area contributed by atoms with Crippen molar-refractivity contribution in [1.82, 2.24) is 19.9 Å². The minimum Gasteiger partial charge on any atom is -0.441 e. The first-order valence-electron chi connectivity index (χ1n) is 16.1. The highest BCUT2D eigenvalue weighted by molar-refractivity contribution is 8.05. The highest BCUT2D eigenvalue weighted by Gasteiger charge is 2.29. The number of hydrogen-bond donors (Lipinski definition) is 0. The van der Waals surface area contributed by atoms with Crippen LogP contribution >= 0.6 is 11.8 Å². The Labute approximate surface area is 268 Å². The highest BCUT2D eigenvalue weighted by atomic mass is 32.2. The fraction of sp³-hybridized carbons (Fsp3) is 0.316. The summed E-state index contributed by atoms with van der Waals surface area (Å²) in [7, 11) is 0. The molecule has 8 rings (SSSR count). The van der Waals surface area contributed by atoms with Gasteiger partial charge in [-0.1, -0.05) is 42.8 Å². The molecule has 0 amide bonds. The van der Waals surface area contributed by atoms with Crippen molar-refractivity contribution in [2.24, 2.45) is 11.8 Å². The lowest BCUT2D eigenvalue weighted by molar-refractivity contribution is 0.439. The Bertz CT molecular complexity index is 1870. The predicted octanol–water partition coefficient (Wildman–Crippen LogP) is 8.95. The average molecular weight is 613 g/mol. The Kier molecular flexibility index (Phi) is 7.71. The van der Waals surface area contributed by atoms with Gasteiger partial charge in [0.2, 0.25) is 11.8 Å². The zero-order chi connectivity index (χ0) is 30.2. The van der Waals surface area contributed by atoms with Crippen molar-refractivity contribution >= 4 is 11.8 Å². The van der Waals surface area contributed by atoms with E-state index < -0.39 is 0 Å². The van der Waals surface area contributed by atoms with Crippen molar-refractivity contribution in [3.63, 3.8) is 0 Å². The lowest BCUT2D eigenvalue weighted by Gasteiger charge is -2.21. The van der Waals surface area contributed by atoms with Gasteiger partial charge >= 0.3 is 0 Å². The molecule has 3 unspecified atom stereocenters. The maximum atomic E-state index is 6.38. The first kappa shape index (κ1) is 28.3. The zero-order valence-electron chi connectivity index (χ0n) is 25.5. The third kappa shape index (κ3) is 5.94. The molecule has 5 aromatic rings. The number of benzene rings is 1. The second-order valence-electron chi connectivity index (χ2n) is 12.6. The summed E-state index contributed by atoms with van der Waals surface area (Å²) in [5.74, 6) is 4.75. The third-order valence-electron chi connectivity index (χ3n) is 9.51. The molecule has 5 heterocycles. The fourth-order valence-electron chi connectivity index (χ4n) is 6.87. The molecule has 3 atom stereocenters. The molecule has 45 heavy (non-hydrogen) atoms. The summed E-state index contributed by atoms with van der Waals surface area (Å²) in [6.07, 6.45) is 13.9. The van der Waals surface area contributed by atoms with E-state index in [9.17, 15) is 0 Å². The predicted molar refractivity (Wildman–Crippen MR) is 177 cm³/mol. The van der Waals surface area contributed by atoms with Crippen LogP contribution in [0.3, 0.4) is 0 Å². The first-order valence-corrected chi connectivity index (χ1v) is 17.0. The summed E-state index contributed by atoms with van der Waals surface area (Å²) in [5.41, 5.74) is 7.96. The molecule has 0 fully saturated rings. The van der Waals surface area contributed by atoms with E-state index in [0.717, 1.165) is 97.1 Å². The van der Waals surface area contributed by atoms with Crippen molar-refractivity contribution in [1.29, 1.82) is 0 Å². The van der Waals surface area contributed by atoms with Crippen molar-refractivity contribution in [2.45, 2.75) is 64.2 Å². The molecule has 0 saturated carbocycles. The van der Waals surface area contributed by atoms with Crippen molar-refractivity contribution in [2.75, 3.05) is 0 Å². The number of allylic oxidation sites excluding steroid dienone is 3. The highest BCUT2D eigenvalue weighted by Crippen LogP contribution is 2.41. The van der Waals surface area contributed by atoms with E-state index in [-0.39, 0.29) is 0 Å². The van der Waals surface area contributed by atoms with Gasteiger partial charge < -0.3 is 8.83 Å². The molecule has 0 saturated heterocycles. The SMILES string of the molecule is CC1CC=C(C2CCc3nc(-c4ccccn4)oc3C2)SC=C1Cc1cccc(-c2nc3c(o2)CC(c2ccccn2)CC3)c1. The number of thioether (sulfide) groups is 1. The molecular weight excluding hydrogens is 577 g/mol. The number of fused-ring (bicyclic) bond motifs is 2. The van der Waals surface area contributed by atoms with Gasteiger partial charge in [0.05, 0.1) is 11.4 Å². The number of oxazole rings is 2. The van der Waals surface area contributed by atoms with Gasteiger partial charge in [-0.2, -0.15) is 0 Å². The van der Waals surface area contributed by atoms with Crippen LogP contribution in [0.2, 0.25) is 0 Å². The van der Waals surface area contributed by atoms with Crippen LogP contribution < -0.4 is 0 Å². The van der Waals surface area contributed by atoms with Crippen LogP contribution in [-0.2, 0) is 32.1 Å². The summed E-state index contributed by atoms with van der Waals surface area (Å²) in [5, 5.41) is 2.41. The molecule has 0 N–H and O–H groups in total. The molecule has 0 radical (unpaired) electrons. The van der Waals surface area contributed by atoms with E-state index in [1.165, 1.54) is 16.0 Å². The van der Waals surface area contributed by atoms with Gasteiger partial charge in [0, 0.05) is 42.4 Å². The quantitative estimate of drug-likeness (QED) is 0.189. The summed E-state index contributed by atoms with van der Waals surface area (Å²) in [6.45, 7) is 2.35. The molecular formula is C38H36N4O2S. The first-order chi connectivity index (χ1) is 22.2. The standard InChI is InChI=1S/C38H36N4O2S/c1-24-11-16-36(27-13-15-32-35(22-27)44-38(42-32)33-10-3-5-18-40-33)45-23-29(24)20-25-7-6-8-28(19-25)37-41-31-14-12-26(21-34(31)43-37)30-9-2-4-17-39-30/h2-10,16-19,23-24,26-27H,11-15,20-22H2,1H3. The number of pyridine rings is 2. The second kappa shape index (κ2) is 12.3. The summed E-state index contributed by atoms with van der Waals surface area (Å²) in [4.78, 5) is 20.2. The number of hydrogen-bond acceptors (Lipinski definition) is 7. The maximum Gasteiger partial charge on any atom is 0.245 e. The summed E-state index contributed by atoms with van der Waals surface area (Å²) >= 11 is 1.91. The number of rotatable bonds is 6. The van der Waals surface area contributed by atoms with Crippen LogP contribution in [0.5, 0.6) is 0 Å². The van der Waals surface area contributed by atoms with E-state index in [0.29, 0.717) is 23.6 Å².